The molecule has 19 heavy (non-hydrogen) atoms. The van der Waals surface area contributed by atoms with E-state index < -0.39 is 0 Å². The highest BCUT2D eigenvalue weighted by Crippen LogP contribution is 2.34. The van der Waals surface area contributed by atoms with Crippen LogP contribution in [0.4, 0.5) is 0 Å². The van der Waals surface area contributed by atoms with Gasteiger partial charge in [-0.3, -0.25) is 0 Å². The first kappa shape index (κ1) is 12.7. The van der Waals surface area contributed by atoms with Crippen LogP contribution in [0.2, 0.25) is 15.3 Å². The van der Waals surface area contributed by atoms with E-state index in [2.05, 4.69) is 9.97 Å². The van der Waals surface area contributed by atoms with Gasteiger partial charge < -0.3 is 4.57 Å². The van der Waals surface area contributed by atoms with Crippen LogP contribution >= 0.6 is 34.8 Å². The van der Waals surface area contributed by atoms with Gasteiger partial charge >= 0.3 is 0 Å². The number of hydrogen-bond donors (Lipinski definition) is 0. The van der Waals surface area contributed by atoms with Crippen molar-refractivity contribution in [3.05, 3.63) is 45.9 Å². The van der Waals surface area contributed by atoms with E-state index in [-0.39, 0.29) is 5.28 Å². The normalized spacial score (nSPS) is 11.2. The smallest absolute Gasteiger partial charge is 0.222 e. The number of aryl methyl sites for hydroxylation is 1. The zero-order valence-corrected chi connectivity index (χ0v) is 12.1. The first-order valence-corrected chi connectivity index (χ1v) is 6.62. The number of nitrogens with zero attached hydrogens (tertiary/aromatic N) is 3. The summed E-state index contributed by atoms with van der Waals surface area (Å²) in [5.74, 6) is 0. The van der Waals surface area contributed by atoms with Crippen molar-refractivity contribution in [1.29, 1.82) is 0 Å². The van der Waals surface area contributed by atoms with Crippen LogP contribution in [0.25, 0.3) is 22.2 Å². The maximum Gasteiger partial charge on any atom is 0.222 e. The fourth-order valence-corrected chi connectivity index (χ4v) is 2.53. The molecule has 96 valence electrons. The minimum Gasteiger partial charge on any atom is -0.350 e. The SMILES string of the molecule is Cn1cc(-c2ccnc(Cl)n2)c2cc(Cl)c(Cl)cc21. The summed E-state index contributed by atoms with van der Waals surface area (Å²) in [6.07, 6.45) is 3.59. The molecule has 0 radical (unpaired) electrons. The van der Waals surface area contributed by atoms with Gasteiger partial charge in [0.25, 0.3) is 0 Å². The van der Waals surface area contributed by atoms with E-state index in [1.54, 1.807) is 6.20 Å². The van der Waals surface area contributed by atoms with E-state index in [1.807, 2.05) is 36.0 Å². The molecule has 0 amide bonds. The van der Waals surface area contributed by atoms with Gasteiger partial charge in [-0.25, -0.2) is 9.97 Å². The van der Waals surface area contributed by atoms with E-state index in [0.29, 0.717) is 10.0 Å². The highest BCUT2D eigenvalue weighted by Gasteiger charge is 2.12. The van der Waals surface area contributed by atoms with Gasteiger partial charge in [-0.1, -0.05) is 23.2 Å². The zero-order valence-electron chi connectivity index (χ0n) is 9.86. The van der Waals surface area contributed by atoms with Gasteiger partial charge in [0, 0.05) is 30.4 Å². The molecule has 0 aliphatic rings. The van der Waals surface area contributed by atoms with Gasteiger partial charge in [-0.15, -0.1) is 0 Å². The third kappa shape index (κ3) is 2.18. The van der Waals surface area contributed by atoms with E-state index in [1.165, 1.54) is 0 Å². The summed E-state index contributed by atoms with van der Waals surface area (Å²) in [5, 5.41) is 2.24. The second kappa shape index (κ2) is 4.67. The van der Waals surface area contributed by atoms with Crippen LogP contribution in [-0.2, 0) is 7.05 Å². The van der Waals surface area contributed by atoms with Crippen molar-refractivity contribution in [2.24, 2.45) is 7.05 Å². The first-order valence-electron chi connectivity index (χ1n) is 5.49. The maximum atomic E-state index is 6.09. The Morgan fingerprint density at radius 1 is 1.11 bits per heavy atom. The molecular formula is C13H8Cl3N3. The second-order valence-corrected chi connectivity index (χ2v) is 5.30. The average molecular weight is 313 g/mol. The lowest BCUT2D eigenvalue weighted by Crippen LogP contribution is -1.85. The van der Waals surface area contributed by atoms with E-state index in [4.69, 9.17) is 34.8 Å². The topological polar surface area (TPSA) is 30.7 Å². The molecule has 3 rings (SSSR count). The number of benzene rings is 1. The summed E-state index contributed by atoms with van der Waals surface area (Å²) >= 11 is 18.0. The predicted molar refractivity (Wildman–Crippen MR) is 79.0 cm³/mol. The highest BCUT2D eigenvalue weighted by atomic mass is 35.5. The number of rotatable bonds is 1. The molecule has 6 heteroatoms. The summed E-state index contributed by atoms with van der Waals surface area (Å²) in [6, 6.07) is 5.49. The van der Waals surface area contributed by atoms with Crippen LogP contribution < -0.4 is 0 Å². The van der Waals surface area contributed by atoms with Gasteiger partial charge in [-0.2, -0.15) is 0 Å². The van der Waals surface area contributed by atoms with Crippen molar-refractivity contribution in [1.82, 2.24) is 14.5 Å². The number of hydrogen-bond acceptors (Lipinski definition) is 2. The molecule has 0 aliphatic carbocycles. The molecular weight excluding hydrogens is 305 g/mol. The molecule has 3 aromatic rings. The lowest BCUT2D eigenvalue weighted by Gasteiger charge is -2.01. The molecule has 0 saturated heterocycles. The Labute approximate surface area is 124 Å². The molecule has 0 spiro atoms. The lowest BCUT2D eigenvalue weighted by atomic mass is 10.1. The Morgan fingerprint density at radius 3 is 2.58 bits per heavy atom. The third-order valence-electron chi connectivity index (χ3n) is 2.93. The van der Waals surface area contributed by atoms with Crippen molar-refractivity contribution in [2.75, 3.05) is 0 Å². The number of fused-ring (bicyclic) bond motifs is 1. The molecule has 1 aromatic carbocycles. The summed E-state index contributed by atoms with van der Waals surface area (Å²) in [6.45, 7) is 0. The lowest BCUT2D eigenvalue weighted by molar-refractivity contribution is 0.969. The van der Waals surface area contributed by atoms with Gasteiger partial charge in [0.2, 0.25) is 5.28 Å². The quantitative estimate of drug-likeness (QED) is 0.615. The first-order chi connectivity index (χ1) is 9.06. The van der Waals surface area contributed by atoms with Crippen LogP contribution in [0.1, 0.15) is 0 Å². The molecule has 3 nitrogen and oxygen atoms in total. The van der Waals surface area contributed by atoms with Gasteiger partial charge in [0.05, 0.1) is 21.3 Å². The maximum absolute atomic E-state index is 6.09. The molecule has 0 atom stereocenters. The Kier molecular flexibility index (Phi) is 3.13. The summed E-state index contributed by atoms with van der Waals surface area (Å²) < 4.78 is 1.98. The van der Waals surface area contributed by atoms with Crippen molar-refractivity contribution >= 4 is 45.7 Å². The molecule has 0 unspecified atom stereocenters. The molecule has 0 aliphatic heterocycles. The highest BCUT2D eigenvalue weighted by molar-refractivity contribution is 6.43. The Balaban J connectivity index is 2.33. The summed E-state index contributed by atoms with van der Waals surface area (Å²) in [7, 11) is 1.94. The molecule has 0 saturated carbocycles. The van der Waals surface area contributed by atoms with Crippen LogP contribution in [0.3, 0.4) is 0 Å². The van der Waals surface area contributed by atoms with Gasteiger partial charge in [-0.05, 0) is 29.8 Å². The predicted octanol–water partition coefficient (Wildman–Crippen LogP) is 4.60. The zero-order chi connectivity index (χ0) is 13.6. The molecule has 2 heterocycles. The monoisotopic (exact) mass is 311 g/mol. The van der Waals surface area contributed by atoms with E-state index in [9.17, 15) is 0 Å². The molecule has 2 aromatic heterocycles. The largest absolute Gasteiger partial charge is 0.350 e. The standard InChI is InChI=1S/C13H8Cl3N3/c1-19-6-8(11-2-3-17-13(16)18-11)7-4-9(14)10(15)5-12(7)19/h2-6H,1H3. The minimum atomic E-state index is 0.217. The van der Waals surface area contributed by atoms with Gasteiger partial charge in [0.1, 0.15) is 0 Å². The summed E-state index contributed by atoms with van der Waals surface area (Å²) in [4.78, 5) is 8.11. The van der Waals surface area contributed by atoms with Crippen LogP contribution in [0.15, 0.2) is 30.6 Å². The van der Waals surface area contributed by atoms with E-state index in [0.717, 1.165) is 22.2 Å². The van der Waals surface area contributed by atoms with Crippen LogP contribution in [0.5, 0.6) is 0 Å². The molecule has 0 fully saturated rings. The molecule has 0 N–H and O–H groups in total. The average Bonchev–Trinajstić information content (AvgIpc) is 2.68. The minimum absolute atomic E-state index is 0.217. The van der Waals surface area contributed by atoms with Crippen molar-refractivity contribution < 1.29 is 0 Å². The van der Waals surface area contributed by atoms with Crippen LogP contribution in [-0.4, -0.2) is 14.5 Å². The molecule has 0 bridgehead atoms. The van der Waals surface area contributed by atoms with Crippen molar-refractivity contribution in [3.8, 4) is 11.3 Å². The third-order valence-corrected chi connectivity index (χ3v) is 3.84. The van der Waals surface area contributed by atoms with Crippen molar-refractivity contribution in [3.63, 3.8) is 0 Å². The van der Waals surface area contributed by atoms with E-state index >= 15 is 0 Å². The second-order valence-electron chi connectivity index (χ2n) is 4.15. The fourth-order valence-electron chi connectivity index (χ4n) is 2.07. The fraction of sp³-hybridized carbons (Fsp3) is 0.0769. The number of aromatic nitrogens is 3. The Bertz CT molecular complexity index is 780. The van der Waals surface area contributed by atoms with Crippen LogP contribution in [0, 0.1) is 0 Å². The Hall–Kier alpha value is -1.29. The summed E-state index contributed by atoms with van der Waals surface area (Å²) in [5.41, 5.74) is 2.68. The van der Waals surface area contributed by atoms with Crippen molar-refractivity contribution in [2.45, 2.75) is 0 Å². The number of halogens is 3. The van der Waals surface area contributed by atoms with Gasteiger partial charge in [0.15, 0.2) is 0 Å². The Morgan fingerprint density at radius 2 is 1.84 bits per heavy atom.